The topological polar surface area (TPSA) is 30.5 Å². The third-order valence-electron chi connectivity index (χ3n) is 3.34. The summed E-state index contributed by atoms with van der Waals surface area (Å²) in [6, 6.07) is 13.9. The number of benzene rings is 2. The number of hydrogen-bond acceptors (Lipinski definition) is 3. The predicted molar refractivity (Wildman–Crippen MR) is 103 cm³/mol. The van der Waals surface area contributed by atoms with Gasteiger partial charge >= 0.3 is 0 Å². The van der Waals surface area contributed by atoms with Gasteiger partial charge in [-0.25, -0.2) is 0 Å². The van der Waals surface area contributed by atoms with Gasteiger partial charge in [0, 0.05) is 12.1 Å². The average Bonchev–Trinajstić information content (AvgIpc) is 2.51. The van der Waals surface area contributed by atoms with Crippen LogP contribution in [0.3, 0.4) is 0 Å². The second kappa shape index (κ2) is 9.16. The summed E-state index contributed by atoms with van der Waals surface area (Å²) in [6.45, 7) is 7.56. The smallest absolute Gasteiger partial charge is 0.180 e. The van der Waals surface area contributed by atoms with Crippen LogP contribution in [0.5, 0.6) is 11.5 Å². The van der Waals surface area contributed by atoms with Crippen molar-refractivity contribution in [1.82, 2.24) is 5.32 Å². The molecule has 3 nitrogen and oxygen atoms in total. The van der Waals surface area contributed by atoms with Crippen LogP contribution in [0.25, 0.3) is 0 Å². The van der Waals surface area contributed by atoms with Crippen molar-refractivity contribution < 1.29 is 9.47 Å². The van der Waals surface area contributed by atoms with E-state index in [1.807, 2.05) is 42.5 Å². The van der Waals surface area contributed by atoms with Gasteiger partial charge in [0.25, 0.3) is 0 Å². The Morgan fingerprint density at radius 1 is 1.04 bits per heavy atom. The van der Waals surface area contributed by atoms with Crippen molar-refractivity contribution in [2.75, 3.05) is 7.11 Å². The molecule has 24 heavy (non-hydrogen) atoms. The highest BCUT2D eigenvalue weighted by Gasteiger charge is 2.14. The van der Waals surface area contributed by atoms with E-state index < -0.39 is 0 Å². The fourth-order valence-electron chi connectivity index (χ4n) is 2.11. The van der Waals surface area contributed by atoms with Crippen LogP contribution in [0.1, 0.15) is 31.9 Å². The molecular formula is C19H25Cl2NO2. The fourth-order valence-corrected chi connectivity index (χ4v) is 2.40. The zero-order valence-corrected chi connectivity index (χ0v) is 16.1. The molecule has 0 saturated heterocycles. The maximum absolute atomic E-state index is 6.40. The number of ether oxygens (including phenoxy) is 2. The first-order valence-electron chi connectivity index (χ1n) is 7.67. The Hall–Kier alpha value is -1.42. The Kier molecular flexibility index (Phi) is 7.88. The van der Waals surface area contributed by atoms with Crippen molar-refractivity contribution in [3.8, 4) is 11.5 Å². The van der Waals surface area contributed by atoms with E-state index in [2.05, 4.69) is 26.1 Å². The Bertz CT molecular complexity index is 640. The predicted octanol–water partition coefficient (Wildman–Crippen LogP) is 5.24. The van der Waals surface area contributed by atoms with Crippen molar-refractivity contribution in [3.63, 3.8) is 0 Å². The fraction of sp³-hybridized carbons (Fsp3) is 0.368. The molecule has 0 atom stereocenters. The molecule has 0 aliphatic carbocycles. The van der Waals surface area contributed by atoms with Crippen LogP contribution in [-0.2, 0) is 13.2 Å². The lowest BCUT2D eigenvalue weighted by atomic mass is 10.1. The van der Waals surface area contributed by atoms with Gasteiger partial charge in [-0.2, -0.15) is 0 Å². The highest BCUT2D eigenvalue weighted by Crippen LogP contribution is 2.37. The molecule has 0 unspecified atom stereocenters. The quantitative estimate of drug-likeness (QED) is 0.755. The first-order valence-corrected chi connectivity index (χ1v) is 8.05. The van der Waals surface area contributed by atoms with E-state index >= 15 is 0 Å². The van der Waals surface area contributed by atoms with Gasteiger partial charge in [0.1, 0.15) is 6.61 Å². The summed E-state index contributed by atoms with van der Waals surface area (Å²) in [5.41, 5.74) is 2.19. The summed E-state index contributed by atoms with van der Waals surface area (Å²) in [7, 11) is 1.63. The van der Waals surface area contributed by atoms with E-state index in [-0.39, 0.29) is 17.9 Å². The van der Waals surface area contributed by atoms with Gasteiger partial charge < -0.3 is 14.8 Å². The largest absolute Gasteiger partial charge is 0.493 e. The molecule has 0 heterocycles. The van der Waals surface area contributed by atoms with Crippen LogP contribution in [0.4, 0.5) is 0 Å². The van der Waals surface area contributed by atoms with Gasteiger partial charge in [0.15, 0.2) is 11.5 Å². The lowest BCUT2D eigenvalue weighted by Gasteiger charge is -2.21. The van der Waals surface area contributed by atoms with Gasteiger partial charge in [-0.05, 0) is 44.0 Å². The summed E-state index contributed by atoms with van der Waals surface area (Å²) in [6.07, 6.45) is 0. The maximum Gasteiger partial charge on any atom is 0.180 e. The number of halogens is 2. The zero-order valence-electron chi connectivity index (χ0n) is 14.6. The summed E-state index contributed by atoms with van der Waals surface area (Å²) < 4.78 is 11.3. The Morgan fingerprint density at radius 3 is 2.29 bits per heavy atom. The van der Waals surface area contributed by atoms with E-state index in [1.165, 1.54) is 0 Å². The van der Waals surface area contributed by atoms with E-state index in [4.69, 9.17) is 21.1 Å². The van der Waals surface area contributed by atoms with Crippen molar-refractivity contribution in [3.05, 3.63) is 58.6 Å². The minimum absolute atomic E-state index is 0. The summed E-state index contributed by atoms with van der Waals surface area (Å²) >= 11 is 6.40. The molecule has 2 aromatic rings. The maximum atomic E-state index is 6.40. The lowest BCUT2D eigenvalue weighted by molar-refractivity contribution is 0.284. The summed E-state index contributed by atoms with van der Waals surface area (Å²) in [4.78, 5) is 0. The summed E-state index contributed by atoms with van der Waals surface area (Å²) in [5, 5.41) is 4.00. The lowest BCUT2D eigenvalue weighted by Crippen LogP contribution is -2.35. The molecule has 0 spiro atoms. The Balaban J connectivity index is 0.00000288. The van der Waals surface area contributed by atoms with Crippen LogP contribution >= 0.6 is 24.0 Å². The molecule has 0 aliphatic rings. The SMILES string of the molecule is COc1cc(CNC(C)(C)C)cc(Cl)c1OCc1ccccc1.Cl. The minimum atomic E-state index is 0. The molecule has 0 radical (unpaired) electrons. The van der Waals surface area contributed by atoms with Gasteiger partial charge in [-0.15, -0.1) is 12.4 Å². The van der Waals surface area contributed by atoms with Crippen LogP contribution in [-0.4, -0.2) is 12.6 Å². The van der Waals surface area contributed by atoms with E-state index in [9.17, 15) is 0 Å². The number of hydrogen-bond donors (Lipinski definition) is 1. The van der Waals surface area contributed by atoms with Crippen molar-refractivity contribution >= 4 is 24.0 Å². The Labute approximate surface area is 155 Å². The molecule has 0 aliphatic heterocycles. The number of rotatable bonds is 6. The highest BCUT2D eigenvalue weighted by molar-refractivity contribution is 6.32. The monoisotopic (exact) mass is 369 g/mol. The molecule has 5 heteroatoms. The second-order valence-corrected chi connectivity index (χ2v) is 6.89. The third kappa shape index (κ3) is 6.23. The van der Waals surface area contributed by atoms with Gasteiger partial charge in [0.05, 0.1) is 12.1 Å². The van der Waals surface area contributed by atoms with Crippen molar-refractivity contribution in [1.29, 1.82) is 0 Å². The number of nitrogens with one attached hydrogen (secondary N) is 1. The van der Waals surface area contributed by atoms with E-state index in [0.29, 0.717) is 23.1 Å². The van der Waals surface area contributed by atoms with Gasteiger partial charge in [-0.3, -0.25) is 0 Å². The summed E-state index contributed by atoms with van der Waals surface area (Å²) in [5.74, 6) is 1.23. The van der Waals surface area contributed by atoms with Crippen LogP contribution in [0, 0.1) is 0 Å². The normalized spacial score (nSPS) is 10.9. The molecule has 0 aromatic heterocycles. The van der Waals surface area contributed by atoms with Gasteiger partial charge in [-0.1, -0.05) is 41.9 Å². The van der Waals surface area contributed by atoms with Crippen LogP contribution in [0.15, 0.2) is 42.5 Å². The second-order valence-electron chi connectivity index (χ2n) is 6.49. The Morgan fingerprint density at radius 2 is 1.71 bits per heavy atom. The minimum Gasteiger partial charge on any atom is -0.493 e. The van der Waals surface area contributed by atoms with Gasteiger partial charge in [0.2, 0.25) is 0 Å². The molecule has 1 N–H and O–H groups in total. The molecule has 0 amide bonds. The first kappa shape index (κ1) is 20.6. The average molecular weight is 370 g/mol. The standard InChI is InChI=1S/C19H24ClNO2.ClH/c1-19(2,3)21-12-15-10-16(20)18(17(11-15)22-4)23-13-14-8-6-5-7-9-14;/h5-11,21H,12-13H2,1-4H3;1H. The molecule has 2 rings (SSSR count). The van der Waals surface area contributed by atoms with E-state index in [0.717, 1.165) is 17.7 Å². The number of methoxy groups -OCH3 is 1. The molecule has 2 aromatic carbocycles. The zero-order chi connectivity index (χ0) is 16.9. The van der Waals surface area contributed by atoms with Crippen LogP contribution in [0.2, 0.25) is 5.02 Å². The van der Waals surface area contributed by atoms with Crippen molar-refractivity contribution in [2.45, 2.75) is 39.5 Å². The third-order valence-corrected chi connectivity index (χ3v) is 3.62. The van der Waals surface area contributed by atoms with Crippen LogP contribution < -0.4 is 14.8 Å². The first-order chi connectivity index (χ1) is 10.9. The molecular weight excluding hydrogens is 345 g/mol. The molecule has 0 saturated carbocycles. The van der Waals surface area contributed by atoms with Crippen molar-refractivity contribution in [2.24, 2.45) is 0 Å². The highest BCUT2D eigenvalue weighted by atomic mass is 35.5. The molecule has 0 fully saturated rings. The van der Waals surface area contributed by atoms with E-state index in [1.54, 1.807) is 7.11 Å². The molecule has 0 bridgehead atoms. The molecule has 132 valence electrons.